The Labute approximate surface area is 163 Å². The lowest BCUT2D eigenvalue weighted by molar-refractivity contribution is 0.0590. The maximum Gasteiger partial charge on any atom is 0.342 e. The van der Waals surface area contributed by atoms with E-state index in [-0.39, 0.29) is 12.4 Å². The molecular weight excluding hydrogens is 395 g/mol. The molecule has 0 bridgehead atoms. The van der Waals surface area contributed by atoms with Gasteiger partial charge in [0.05, 0.1) is 12.0 Å². The molecule has 0 aliphatic heterocycles. The fourth-order valence-electron chi connectivity index (χ4n) is 3.24. The zero-order valence-electron chi connectivity index (χ0n) is 14.6. The van der Waals surface area contributed by atoms with Gasteiger partial charge in [0.15, 0.2) is 0 Å². The normalized spacial score (nSPS) is 16.1. The van der Waals surface area contributed by atoms with Crippen molar-refractivity contribution in [3.05, 3.63) is 58.9 Å². The van der Waals surface area contributed by atoms with Gasteiger partial charge in [-0.05, 0) is 54.7 Å². The molecule has 6 nitrogen and oxygen atoms in total. The average molecular weight is 415 g/mol. The molecule has 1 aliphatic carbocycles. The Morgan fingerprint density at radius 3 is 2.74 bits per heavy atom. The predicted octanol–water partition coefficient (Wildman–Crippen LogP) is 2.97. The summed E-state index contributed by atoms with van der Waals surface area (Å²) in [7, 11) is -3.07. The van der Waals surface area contributed by atoms with Crippen LogP contribution in [0, 0.1) is 5.82 Å². The van der Waals surface area contributed by atoms with Gasteiger partial charge in [0, 0.05) is 11.7 Å². The summed E-state index contributed by atoms with van der Waals surface area (Å²) < 4.78 is 46.9. The lowest BCUT2D eigenvalue weighted by Crippen LogP contribution is -2.32. The van der Waals surface area contributed by atoms with Crippen LogP contribution >= 0.6 is 12.4 Å². The molecule has 0 fully saturated rings. The van der Waals surface area contributed by atoms with E-state index in [0.717, 1.165) is 37.1 Å². The summed E-state index contributed by atoms with van der Waals surface area (Å²) in [6, 6.07) is 8.31. The van der Waals surface area contributed by atoms with Gasteiger partial charge in [-0.1, -0.05) is 12.1 Å². The summed E-state index contributed by atoms with van der Waals surface area (Å²) in [4.78, 5) is 11.4. The molecule has 2 aromatic carbocycles. The zero-order valence-corrected chi connectivity index (χ0v) is 16.2. The number of anilines is 1. The first-order chi connectivity index (χ1) is 12.3. The molecular formula is C18H20ClFN2O4S. The number of fused-ring (bicyclic) bond motifs is 1. The maximum absolute atomic E-state index is 14.1. The third-order valence-electron chi connectivity index (χ3n) is 4.43. The summed E-state index contributed by atoms with van der Waals surface area (Å²) in [5.41, 5.74) is 7.63. The van der Waals surface area contributed by atoms with E-state index in [1.807, 2.05) is 6.07 Å². The Kier molecular flexibility index (Phi) is 6.46. The largest absolute Gasteiger partial charge is 0.465 e. The average Bonchev–Trinajstić information content (AvgIpc) is 2.60. The Bertz CT molecular complexity index is 966. The SMILES string of the molecule is COC(=O)c1c(F)cccc1S(=O)(=O)NC1CCCc2cc(N)ccc21.Cl. The van der Waals surface area contributed by atoms with Gasteiger partial charge in [0.2, 0.25) is 10.0 Å². The second kappa shape index (κ2) is 8.24. The quantitative estimate of drug-likeness (QED) is 0.592. The first kappa shape index (κ1) is 21.1. The summed E-state index contributed by atoms with van der Waals surface area (Å²) in [6.45, 7) is 0. The Morgan fingerprint density at radius 2 is 2.04 bits per heavy atom. The van der Waals surface area contributed by atoms with E-state index in [2.05, 4.69) is 9.46 Å². The number of carbonyl (C=O) groups excluding carboxylic acids is 1. The molecule has 1 aliphatic rings. The lowest BCUT2D eigenvalue weighted by Gasteiger charge is -2.26. The van der Waals surface area contributed by atoms with Crippen molar-refractivity contribution in [2.45, 2.75) is 30.2 Å². The van der Waals surface area contributed by atoms with E-state index in [1.165, 1.54) is 12.1 Å². The maximum atomic E-state index is 14.1. The van der Waals surface area contributed by atoms with Crippen LogP contribution < -0.4 is 10.5 Å². The lowest BCUT2D eigenvalue weighted by atomic mass is 9.88. The number of nitrogens with one attached hydrogen (secondary N) is 1. The highest BCUT2D eigenvalue weighted by molar-refractivity contribution is 7.89. The summed E-state index contributed by atoms with van der Waals surface area (Å²) >= 11 is 0. The number of rotatable bonds is 4. The molecule has 3 N–H and O–H groups in total. The highest BCUT2D eigenvalue weighted by atomic mass is 35.5. The van der Waals surface area contributed by atoms with Crippen LogP contribution in [0.25, 0.3) is 0 Å². The van der Waals surface area contributed by atoms with Crippen LogP contribution in [0.15, 0.2) is 41.3 Å². The summed E-state index contributed by atoms with van der Waals surface area (Å²) in [6.07, 6.45) is 2.20. The van der Waals surface area contributed by atoms with Crippen molar-refractivity contribution in [2.24, 2.45) is 0 Å². The molecule has 1 unspecified atom stereocenters. The Morgan fingerprint density at radius 1 is 1.30 bits per heavy atom. The number of hydrogen-bond acceptors (Lipinski definition) is 5. The number of ether oxygens (including phenoxy) is 1. The first-order valence-electron chi connectivity index (χ1n) is 8.11. The van der Waals surface area contributed by atoms with Crippen molar-refractivity contribution in [1.29, 1.82) is 0 Å². The van der Waals surface area contributed by atoms with Crippen LogP contribution in [0.4, 0.5) is 10.1 Å². The van der Waals surface area contributed by atoms with E-state index in [4.69, 9.17) is 5.73 Å². The van der Waals surface area contributed by atoms with Gasteiger partial charge in [0.25, 0.3) is 0 Å². The molecule has 146 valence electrons. The first-order valence-corrected chi connectivity index (χ1v) is 9.59. The monoisotopic (exact) mass is 414 g/mol. The fourth-order valence-corrected chi connectivity index (χ4v) is 4.69. The molecule has 3 rings (SSSR count). The third kappa shape index (κ3) is 4.23. The third-order valence-corrected chi connectivity index (χ3v) is 5.95. The van der Waals surface area contributed by atoms with Crippen LogP contribution in [0.1, 0.15) is 40.4 Å². The molecule has 0 radical (unpaired) electrons. The van der Waals surface area contributed by atoms with Gasteiger partial charge in [-0.15, -0.1) is 12.4 Å². The van der Waals surface area contributed by atoms with Crippen molar-refractivity contribution < 1.29 is 22.3 Å². The van der Waals surface area contributed by atoms with Gasteiger partial charge in [-0.2, -0.15) is 0 Å². The van der Waals surface area contributed by atoms with Gasteiger partial charge in [-0.25, -0.2) is 22.3 Å². The topological polar surface area (TPSA) is 98.5 Å². The summed E-state index contributed by atoms with van der Waals surface area (Å²) in [5, 5.41) is 0. The molecule has 0 aromatic heterocycles. The van der Waals surface area contributed by atoms with Crippen LogP contribution in [-0.2, 0) is 21.2 Å². The smallest absolute Gasteiger partial charge is 0.342 e. The fraction of sp³-hybridized carbons (Fsp3) is 0.278. The standard InChI is InChI=1S/C18H19FN2O4S.ClH/c1-25-18(22)17-14(19)5-3-7-16(17)26(23,24)21-15-6-2-4-11-10-12(20)8-9-13(11)15;/h3,5,7-10,15,21H,2,4,6,20H2,1H3;1H. The summed E-state index contributed by atoms with van der Waals surface area (Å²) in [5.74, 6) is -1.99. The minimum Gasteiger partial charge on any atom is -0.465 e. The molecule has 0 spiro atoms. The number of aryl methyl sites for hydroxylation is 1. The molecule has 0 saturated carbocycles. The van der Waals surface area contributed by atoms with Crippen LogP contribution in [0.3, 0.4) is 0 Å². The van der Waals surface area contributed by atoms with Gasteiger partial charge in [0.1, 0.15) is 11.4 Å². The van der Waals surface area contributed by atoms with Crippen LogP contribution in [0.2, 0.25) is 0 Å². The van der Waals surface area contributed by atoms with Crippen LogP contribution in [-0.4, -0.2) is 21.5 Å². The van der Waals surface area contributed by atoms with E-state index < -0.39 is 38.3 Å². The van der Waals surface area contributed by atoms with Gasteiger partial charge in [-0.3, -0.25) is 0 Å². The molecule has 2 aromatic rings. The van der Waals surface area contributed by atoms with E-state index in [1.54, 1.807) is 12.1 Å². The second-order valence-electron chi connectivity index (χ2n) is 6.13. The second-order valence-corrected chi connectivity index (χ2v) is 7.81. The molecule has 0 heterocycles. The van der Waals surface area contributed by atoms with Crippen molar-refractivity contribution >= 4 is 34.1 Å². The minimum atomic E-state index is -4.14. The number of sulfonamides is 1. The number of benzene rings is 2. The number of halogens is 2. The van der Waals surface area contributed by atoms with Crippen molar-refractivity contribution in [3.63, 3.8) is 0 Å². The van der Waals surface area contributed by atoms with Crippen LogP contribution in [0.5, 0.6) is 0 Å². The van der Waals surface area contributed by atoms with Gasteiger partial charge >= 0.3 is 5.97 Å². The Balaban J connectivity index is 0.00000261. The van der Waals surface area contributed by atoms with Gasteiger partial charge < -0.3 is 10.5 Å². The van der Waals surface area contributed by atoms with Crippen molar-refractivity contribution in [2.75, 3.05) is 12.8 Å². The predicted molar refractivity (Wildman–Crippen MR) is 102 cm³/mol. The molecule has 27 heavy (non-hydrogen) atoms. The number of hydrogen-bond donors (Lipinski definition) is 2. The van der Waals surface area contributed by atoms with E-state index in [9.17, 15) is 17.6 Å². The molecule has 1 atom stereocenters. The number of esters is 1. The van der Waals surface area contributed by atoms with E-state index >= 15 is 0 Å². The minimum absolute atomic E-state index is 0. The number of nitrogen functional groups attached to an aromatic ring is 1. The highest BCUT2D eigenvalue weighted by Crippen LogP contribution is 2.32. The van der Waals surface area contributed by atoms with E-state index in [0.29, 0.717) is 12.1 Å². The number of methoxy groups -OCH3 is 1. The molecule has 9 heteroatoms. The molecule has 0 saturated heterocycles. The Hall–Kier alpha value is -2.16. The number of carbonyl (C=O) groups is 1. The molecule has 0 amide bonds. The highest BCUT2D eigenvalue weighted by Gasteiger charge is 2.30. The number of nitrogens with two attached hydrogens (primary N) is 1. The van der Waals surface area contributed by atoms with Crippen molar-refractivity contribution in [3.8, 4) is 0 Å². The zero-order chi connectivity index (χ0) is 18.9. The van der Waals surface area contributed by atoms with Crippen molar-refractivity contribution in [1.82, 2.24) is 4.72 Å².